The van der Waals surface area contributed by atoms with E-state index in [0.717, 1.165) is 6.42 Å². The van der Waals surface area contributed by atoms with Gasteiger partial charge in [-0.25, -0.2) is 8.42 Å². The molecular formula is C7H14N2O3S. The molecule has 0 amide bonds. The average Bonchev–Trinajstić information content (AvgIpc) is 2.40. The first-order chi connectivity index (χ1) is 6.14. The lowest BCUT2D eigenvalue weighted by Gasteiger charge is -1.97. The zero-order valence-corrected chi connectivity index (χ0v) is 8.22. The number of sulfone groups is 1. The lowest BCUT2D eigenvalue weighted by molar-refractivity contribution is 0.142. The van der Waals surface area contributed by atoms with Crippen LogP contribution in [0.4, 0.5) is 0 Å². The molecule has 0 aromatic rings. The van der Waals surface area contributed by atoms with Crippen LogP contribution in [0.5, 0.6) is 0 Å². The summed E-state index contributed by atoms with van der Waals surface area (Å²) in [6.45, 7) is 1.02. The van der Waals surface area contributed by atoms with Crippen molar-refractivity contribution < 1.29 is 13.3 Å². The highest BCUT2D eigenvalue weighted by atomic mass is 32.2. The van der Waals surface area contributed by atoms with Crippen LogP contribution in [0.25, 0.3) is 0 Å². The van der Waals surface area contributed by atoms with Crippen molar-refractivity contribution in [3.8, 4) is 0 Å². The molecule has 1 fully saturated rings. The van der Waals surface area contributed by atoms with Gasteiger partial charge in [-0.3, -0.25) is 0 Å². The highest BCUT2D eigenvalue weighted by Crippen LogP contribution is 2.08. The average molecular weight is 206 g/mol. The molecule has 0 aromatic carbocycles. The highest BCUT2D eigenvalue weighted by Gasteiger charge is 2.24. The number of nitrogens with zero attached hydrogens (tertiary/aromatic N) is 1. The SMILES string of the molecule is NCCCON=C1CCS(=O)(=O)C1. The van der Waals surface area contributed by atoms with Crippen molar-refractivity contribution in [2.45, 2.75) is 12.8 Å². The number of oxime groups is 1. The van der Waals surface area contributed by atoms with Gasteiger partial charge in [-0.15, -0.1) is 0 Å². The molecule has 0 unspecified atom stereocenters. The third-order valence-electron chi connectivity index (χ3n) is 1.72. The van der Waals surface area contributed by atoms with Crippen LogP contribution in [0.15, 0.2) is 5.16 Å². The highest BCUT2D eigenvalue weighted by molar-refractivity contribution is 7.92. The van der Waals surface area contributed by atoms with Gasteiger partial charge in [0, 0.05) is 6.42 Å². The fourth-order valence-electron chi connectivity index (χ4n) is 1.03. The number of hydrogen-bond acceptors (Lipinski definition) is 5. The molecule has 5 nitrogen and oxygen atoms in total. The van der Waals surface area contributed by atoms with Gasteiger partial charge >= 0.3 is 0 Å². The summed E-state index contributed by atoms with van der Waals surface area (Å²) in [7, 11) is -2.87. The van der Waals surface area contributed by atoms with Crippen molar-refractivity contribution in [3.05, 3.63) is 0 Å². The van der Waals surface area contributed by atoms with Crippen molar-refractivity contribution in [2.24, 2.45) is 10.9 Å². The van der Waals surface area contributed by atoms with Crippen LogP contribution in [0, 0.1) is 0 Å². The van der Waals surface area contributed by atoms with Crippen molar-refractivity contribution in [1.29, 1.82) is 0 Å². The maximum atomic E-state index is 11.0. The summed E-state index contributed by atoms with van der Waals surface area (Å²) in [5.41, 5.74) is 5.86. The second kappa shape index (κ2) is 4.57. The Balaban J connectivity index is 2.30. The van der Waals surface area contributed by atoms with Crippen molar-refractivity contribution in [2.75, 3.05) is 24.7 Å². The van der Waals surface area contributed by atoms with E-state index < -0.39 is 9.84 Å². The first-order valence-corrected chi connectivity index (χ1v) is 6.04. The molecule has 2 N–H and O–H groups in total. The Bertz CT molecular complexity index is 284. The molecule has 6 heteroatoms. The Morgan fingerprint density at radius 1 is 1.54 bits per heavy atom. The zero-order chi connectivity index (χ0) is 9.73. The maximum absolute atomic E-state index is 11.0. The number of hydrogen-bond donors (Lipinski definition) is 1. The summed E-state index contributed by atoms with van der Waals surface area (Å²) in [5.74, 6) is 0.252. The Morgan fingerprint density at radius 2 is 2.31 bits per heavy atom. The molecule has 1 aliphatic heterocycles. The van der Waals surface area contributed by atoms with Gasteiger partial charge in [0.05, 0.1) is 17.2 Å². The Hall–Kier alpha value is -0.620. The van der Waals surface area contributed by atoms with Gasteiger partial charge in [0.2, 0.25) is 0 Å². The van der Waals surface area contributed by atoms with Gasteiger partial charge in [0.25, 0.3) is 0 Å². The predicted molar refractivity (Wildman–Crippen MR) is 50.3 cm³/mol. The lowest BCUT2D eigenvalue weighted by atomic mass is 10.3. The summed E-state index contributed by atoms with van der Waals surface area (Å²) in [4.78, 5) is 4.89. The van der Waals surface area contributed by atoms with Gasteiger partial charge in [0.1, 0.15) is 6.61 Å². The Labute approximate surface area is 77.9 Å². The van der Waals surface area contributed by atoms with Crippen molar-refractivity contribution in [3.63, 3.8) is 0 Å². The minimum absolute atomic E-state index is 0.0512. The summed E-state index contributed by atoms with van der Waals surface area (Å²) in [6, 6.07) is 0. The number of rotatable bonds is 4. The molecule has 76 valence electrons. The van der Waals surface area contributed by atoms with Crippen molar-refractivity contribution in [1.82, 2.24) is 0 Å². The van der Waals surface area contributed by atoms with E-state index in [4.69, 9.17) is 10.6 Å². The van der Waals surface area contributed by atoms with E-state index in [1.54, 1.807) is 0 Å². The fourth-order valence-corrected chi connectivity index (χ4v) is 2.42. The molecule has 0 aliphatic carbocycles. The molecule has 0 aromatic heterocycles. The van der Waals surface area contributed by atoms with Crippen LogP contribution in [0.2, 0.25) is 0 Å². The van der Waals surface area contributed by atoms with Gasteiger partial charge in [0.15, 0.2) is 9.84 Å². The molecule has 13 heavy (non-hydrogen) atoms. The topological polar surface area (TPSA) is 81.8 Å². The van der Waals surface area contributed by atoms with Crippen LogP contribution in [-0.2, 0) is 14.7 Å². The van der Waals surface area contributed by atoms with E-state index in [2.05, 4.69) is 5.16 Å². The van der Waals surface area contributed by atoms with Crippen molar-refractivity contribution >= 4 is 15.5 Å². The molecular weight excluding hydrogens is 192 g/mol. The predicted octanol–water partition coefficient (Wildman–Crippen LogP) is -0.474. The minimum Gasteiger partial charge on any atom is -0.396 e. The van der Waals surface area contributed by atoms with Gasteiger partial charge in [-0.2, -0.15) is 0 Å². The maximum Gasteiger partial charge on any atom is 0.156 e. The fraction of sp³-hybridized carbons (Fsp3) is 0.857. The lowest BCUT2D eigenvalue weighted by Crippen LogP contribution is -2.06. The largest absolute Gasteiger partial charge is 0.396 e. The second-order valence-corrected chi connectivity index (χ2v) is 5.16. The Kier molecular flexibility index (Phi) is 3.68. The van der Waals surface area contributed by atoms with E-state index in [1.165, 1.54) is 0 Å². The molecule has 1 heterocycles. The molecule has 0 atom stereocenters. The van der Waals surface area contributed by atoms with E-state index in [9.17, 15) is 8.42 Å². The van der Waals surface area contributed by atoms with Gasteiger partial charge in [-0.1, -0.05) is 5.16 Å². The van der Waals surface area contributed by atoms with E-state index in [0.29, 0.717) is 25.3 Å². The van der Waals surface area contributed by atoms with E-state index in [-0.39, 0.29) is 11.5 Å². The normalized spacial score (nSPS) is 23.6. The van der Waals surface area contributed by atoms with E-state index >= 15 is 0 Å². The van der Waals surface area contributed by atoms with Crippen LogP contribution < -0.4 is 5.73 Å². The van der Waals surface area contributed by atoms with Crippen LogP contribution in [0.1, 0.15) is 12.8 Å². The molecule has 0 spiro atoms. The summed E-state index contributed by atoms with van der Waals surface area (Å²) in [6.07, 6.45) is 1.24. The van der Waals surface area contributed by atoms with Gasteiger partial charge < -0.3 is 10.6 Å². The van der Waals surface area contributed by atoms with Crippen LogP contribution >= 0.6 is 0 Å². The van der Waals surface area contributed by atoms with Crippen LogP contribution in [-0.4, -0.2) is 38.8 Å². The first-order valence-electron chi connectivity index (χ1n) is 4.22. The molecule has 0 saturated carbocycles. The third kappa shape index (κ3) is 3.73. The molecule has 1 aliphatic rings. The second-order valence-electron chi connectivity index (χ2n) is 2.97. The standard InChI is InChI=1S/C7H14N2O3S/c8-3-1-4-12-9-7-2-5-13(10,11)6-7/h1-6,8H2. The third-order valence-corrected chi connectivity index (χ3v) is 3.32. The number of nitrogens with two attached hydrogens (primary N) is 1. The minimum atomic E-state index is -2.87. The van der Waals surface area contributed by atoms with Crippen LogP contribution in [0.3, 0.4) is 0 Å². The Morgan fingerprint density at radius 3 is 2.85 bits per heavy atom. The molecule has 0 radical (unpaired) electrons. The quantitative estimate of drug-likeness (QED) is 0.498. The molecule has 1 saturated heterocycles. The van der Waals surface area contributed by atoms with E-state index in [1.807, 2.05) is 0 Å². The summed E-state index contributed by atoms with van der Waals surface area (Å²) >= 11 is 0. The zero-order valence-electron chi connectivity index (χ0n) is 7.40. The summed E-state index contributed by atoms with van der Waals surface area (Å²) in [5, 5.41) is 3.74. The molecule has 0 bridgehead atoms. The monoisotopic (exact) mass is 206 g/mol. The summed E-state index contributed by atoms with van der Waals surface area (Å²) < 4.78 is 21.9. The first kappa shape index (κ1) is 10.5. The molecule has 1 rings (SSSR count). The van der Waals surface area contributed by atoms with Gasteiger partial charge in [-0.05, 0) is 13.0 Å². The smallest absolute Gasteiger partial charge is 0.156 e.